The fourth-order valence-corrected chi connectivity index (χ4v) is 5.49. The smallest absolute Gasteiger partial charge is 0.265 e. The first kappa shape index (κ1) is 20.5. The molecule has 3 rings (SSSR count). The van der Waals surface area contributed by atoms with Crippen LogP contribution in [-0.2, 0) is 15.8 Å². The van der Waals surface area contributed by atoms with Gasteiger partial charge in [-0.05, 0) is 23.8 Å². The summed E-state index contributed by atoms with van der Waals surface area (Å²) in [5, 5.41) is 3.73. The quantitative estimate of drug-likeness (QED) is 0.529. The number of sulfonamides is 1. The predicted octanol–water partition coefficient (Wildman–Crippen LogP) is 3.28. The molecule has 0 radical (unpaired) electrons. The molecule has 0 aliphatic carbocycles. The molecule has 3 aromatic rings. The van der Waals surface area contributed by atoms with Crippen LogP contribution in [0.1, 0.15) is 15.2 Å². The van der Waals surface area contributed by atoms with Crippen LogP contribution >= 0.6 is 22.7 Å². The number of hydrogen-bond donors (Lipinski definition) is 2. The average Bonchev–Trinajstić information content (AvgIpc) is 3.21. The molecular weight excluding hydrogens is 416 g/mol. The molecule has 0 aliphatic rings. The Balaban J connectivity index is 1.65. The molecule has 2 aromatic heterocycles. The Hall–Kier alpha value is -2.27. The SMILES string of the molecule is C=CCNS(=O)(=O)Cc1ccc(NC(=O)c2cc3sc(N(C)C)nc3s2)cc1. The van der Waals surface area contributed by atoms with E-state index < -0.39 is 10.0 Å². The third-order valence-electron chi connectivity index (χ3n) is 3.70. The highest BCUT2D eigenvalue weighted by Crippen LogP contribution is 2.34. The van der Waals surface area contributed by atoms with Crippen LogP contribution in [0.4, 0.5) is 10.8 Å². The number of benzene rings is 1. The molecule has 28 heavy (non-hydrogen) atoms. The van der Waals surface area contributed by atoms with Crippen LogP contribution in [0.25, 0.3) is 9.53 Å². The van der Waals surface area contributed by atoms with Crippen LogP contribution in [0.5, 0.6) is 0 Å². The molecular formula is C18H20N4O3S3. The molecule has 1 amide bonds. The largest absolute Gasteiger partial charge is 0.354 e. The fourth-order valence-electron chi connectivity index (χ4n) is 2.36. The topological polar surface area (TPSA) is 91.4 Å². The van der Waals surface area contributed by atoms with Crippen LogP contribution in [0.3, 0.4) is 0 Å². The summed E-state index contributed by atoms with van der Waals surface area (Å²) in [6, 6.07) is 8.58. The van der Waals surface area contributed by atoms with Crippen LogP contribution < -0.4 is 14.9 Å². The monoisotopic (exact) mass is 436 g/mol. The number of anilines is 2. The van der Waals surface area contributed by atoms with Crippen molar-refractivity contribution in [3.63, 3.8) is 0 Å². The maximum absolute atomic E-state index is 12.5. The number of rotatable bonds is 8. The summed E-state index contributed by atoms with van der Waals surface area (Å²) in [6.07, 6.45) is 1.49. The Morgan fingerprint density at radius 3 is 2.57 bits per heavy atom. The molecule has 0 atom stereocenters. The first-order valence-electron chi connectivity index (χ1n) is 8.33. The molecule has 0 saturated heterocycles. The highest BCUT2D eigenvalue weighted by molar-refractivity contribution is 7.88. The summed E-state index contributed by atoms with van der Waals surface area (Å²) in [4.78, 5) is 20.3. The van der Waals surface area contributed by atoms with E-state index in [1.165, 1.54) is 28.7 Å². The number of thiazole rings is 1. The van der Waals surface area contributed by atoms with Crippen molar-refractivity contribution in [3.8, 4) is 0 Å². The van der Waals surface area contributed by atoms with Gasteiger partial charge in [0.15, 0.2) is 5.13 Å². The molecule has 0 saturated carbocycles. The van der Waals surface area contributed by atoms with Crippen molar-refractivity contribution in [1.82, 2.24) is 9.71 Å². The summed E-state index contributed by atoms with van der Waals surface area (Å²) >= 11 is 2.89. The third-order valence-corrected chi connectivity index (χ3v) is 7.35. The van der Waals surface area contributed by atoms with Crippen LogP contribution in [0, 0.1) is 0 Å². The van der Waals surface area contributed by atoms with Gasteiger partial charge in [-0.15, -0.1) is 17.9 Å². The zero-order chi connectivity index (χ0) is 20.3. The number of carbonyl (C=O) groups excluding carboxylic acids is 1. The van der Waals surface area contributed by atoms with Crippen LogP contribution in [0.15, 0.2) is 43.0 Å². The van der Waals surface area contributed by atoms with Gasteiger partial charge in [0, 0.05) is 26.3 Å². The highest BCUT2D eigenvalue weighted by Gasteiger charge is 2.15. The lowest BCUT2D eigenvalue weighted by Crippen LogP contribution is -2.25. The second-order valence-corrected chi connectivity index (χ2v) is 10.1. The van der Waals surface area contributed by atoms with Gasteiger partial charge >= 0.3 is 0 Å². The molecule has 7 nitrogen and oxygen atoms in total. The number of fused-ring (bicyclic) bond motifs is 1. The van der Waals surface area contributed by atoms with Crippen molar-refractivity contribution in [1.29, 1.82) is 0 Å². The minimum absolute atomic E-state index is 0.129. The Labute approximate surface area is 171 Å². The number of aromatic nitrogens is 1. The van der Waals surface area contributed by atoms with Crippen LogP contribution in [0.2, 0.25) is 0 Å². The van der Waals surface area contributed by atoms with E-state index in [1.807, 2.05) is 25.1 Å². The van der Waals surface area contributed by atoms with Gasteiger partial charge < -0.3 is 10.2 Å². The van der Waals surface area contributed by atoms with Crippen molar-refractivity contribution >= 4 is 59.0 Å². The molecule has 1 aromatic carbocycles. The molecule has 2 heterocycles. The minimum Gasteiger partial charge on any atom is -0.354 e. The summed E-state index contributed by atoms with van der Waals surface area (Å²) in [7, 11) is 0.452. The fraction of sp³-hybridized carbons (Fsp3) is 0.222. The Kier molecular flexibility index (Phi) is 6.14. The Bertz CT molecular complexity index is 1070. The molecule has 148 valence electrons. The van der Waals surface area contributed by atoms with E-state index in [1.54, 1.807) is 24.3 Å². The lowest BCUT2D eigenvalue weighted by atomic mass is 10.2. The van der Waals surface area contributed by atoms with Crippen molar-refractivity contribution in [3.05, 3.63) is 53.4 Å². The Morgan fingerprint density at radius 2 is 1.96 bits per heavy atom. The van der Waals surface area contributed by atoms with E-state index in [2.05, 4.69) is 21.6 Å². The first-order valence-corrected chi connectivity index (χ1v) is 11.6. The lowest BCUT2D eigenvalue weighted by molar-refractivity contribution is 0.103. The second kappa shape index (κ2) is 8.39. The number of amides is 1. The van der Waals surface area contributed by atoms with Gasteiger partial charge in [-0.2, -0.15) is 0 Å². The number of nitrogens with one attached hydrogen (secondary N) is 2. The second-order valence-electron chi connectivity index (χ2n) is 6.22. The number of carbonyl (C=O) groups is 1. The average molecular weight is 437 g/mol. The summed E-state index contributed by atoms with van der Waals surface area (Å²) in [5.41, 5.74) is 1.23. The highest BCUT2D eigenvalue weighted by atomic mass is 32.2. The van der Waals surface area contributed by atoms with Gasteiger partial charge in [-0.1, -0.05) is 29.5 Å². The Morgan fingerprint density at radius 1 is 1.25 bits per heavy atom. The van der Waals surface area contributed by atoms with Crippen molar-refractivity contribution in [2.24, 2.45) is 0 Å². The van der Waals surface area contributed by atoms with Gasteiger partial charge in [-0.3, -0.25) is 4.79 Å². The van der Waals surface area contributed by atoms with Crippen LogP contribution in [-0.4, -0.2) is 39.9 Å². The van der Waals surface area contributed by atoms with Crippen molar-refractivity contribution in [2.75, 3.05) is 30.9 Å². The van der Waals surface area contributed by atoms with Gasteiger partial charge in [-0.25, -0.2) is 18.1 Å². The summed E-state index contributed by atoms with van der Waals surface area (Å²) < 4.78 is 27.2. The van der Waals surface area contributed by atoms with E-state index in [9.17, 15) is 13.2 Å². The minimum atomic E-state index is -3.41. The van der Waals surface area contributed by atoms with Gasteiger partial charge in [0.25, 0.3) is 5.91 Å². The van der Waals surface area contributed by atoms with E-state index in [-0.39, 0.29) is 18.2 Å². The molecule has 0 unspecified atom stereocenters. The molecule has 0 bridgehead atoms. The number of hydrogen-bond acceptors (Lipinski definition) is 7. The third kappa shape index (κ3) is 4.96. The van der Waals surface area contributed by atoms with Crippen molar-refractivity contribution in [2.45, 2.75) is 5.75 Å². The van der Waals surface area contributed by atoms with E-state index >= 15 is 0 Å². The van der Waals surface area contributed by atoms with Gasteiger partial charge in [0.1, 0.15) is 4.83 Å². The van der Waals surface area contributed by atoms with Gasteiger partial charge in [0.2, 0.25) is 10.0 Å². The molecule has 0 fully saturated rings. The van der Waals surface area contributed by atoms with Gasteiger partial charge in [0.05, 0.1) is 15.3 Å². The maximum Gasteiger partial charge on any atom is 0.265 e. The first-order chi connectivity index (χ1) is 13.3. The molecule has 0 aliphatic heterocycles. The normalized spacial score (nSPS) is 11.5. The number of thiophene rings is 1. The summed E-state index contributed by atoms with van der Waals surface area (Å²) in [6.45, 7) is 3.68. The number of nitrogens with zero attached hydrogens (tertiary/aromatic N) is 2. The van der Waals surface area contributed by atoms with Crippen molar-refractivity contribution < 1.29 is 13.2 Å². The lowest BCUT2D eigenvalue weighted by Gasteiger charge is -2.07. The van der Waals surface area contributed by atoms with E-state index in [0.717, 1.165) is 14.7 Å². The van der Waals surface area contributed by atoms with E-state index in [4.69, 9.17) is 0 Å². The molecule has 10 heteroatoms. The van der Waals surface area contributed by atoms with E-state index in [0.29, 0.717) is 16.1 Å². The maximum atomic E-state index is 12.5. The zero-order valence-electron chi connectivity index (χ0n) is 15.4. The molecule has 0 spiro atoms. The standard InChI is InChI=1S/C18H20N4O3S3/c1-4-9-19-28(24,25)11-12-5-7-13(8-6-12)20-16(23)14-10-15-17(26-14)21-18(27-15)22(2)3/h4-8,10,19H,1,9,11H2,2-3H3,(H,20,23). The summed E-state index contributed by atoms with van der Waals surface area (Å²) in [5.74, 6) is -0.342. The molecule has 2 N–H and O–H groups in total. The zero-order valence-corrected chi connectivity index (χ0v) is 17.9. The predicted molar refractivity (Wildman–Crippen MR) is 117 cm³/mol.